The van der Waals surface area contributed by atoms with Crippen LogP contribution in [-0.4, -0.2) is 31.1 Å². The van der Waals surface area contributed by atoms with Crippen molar-refractivity contribution in [2.24, 2.45) is 5.92 Å². The van der Waals surface area contributed by atoms with Gasteiger partial charge in [-0.15, -0.1) is 0 Å². The molecule has 19 heavy (non-hydrogen) atoms. The van der Waals surface area contributed by atoms with Crippen molar-refractivity contribution in [1.29, 1.82) is 0 Å². The summed E-state index contributed by atoms with van der Waals surface area (Å²) in [4.78, 5) is 2.44. The minimum Gasteiger partial charge on any atom is -0.316 e. The van der Waals surface area contributed by atoms with E-state index in [4.69, 9.17) is 23.2 Å². The van der Waals surface area contributed by atoms with E-state index in [0.29, 0.717) is 0 Å². The van der Waals surface area contributed by atoms with Crippen molar-refractivity contribution in [2.45, 2.75) is 26.3 Å². The lowest BCUT2D eigenvalue weighted by Crippen LogP contribution is -2.38. The van der Waals surface area contributed by atoms with Crippen molar-refractivity contribution in [3.63, 3.8) is 0 Å². The molecule has 1 saturated heterocycles. The van der Waals surface area contributed by atoms with E-state index in [1.54, 1.807) is 0 Å². The minimum absolute atomic E-state index is 0.745. The number of hydrogen-bond acceptors (Lipinski definition) is 2. The van der Waals surface area contributed by atoms with E-state index in [1.165, 1.54) is 19.4 Å². The lowest BCUT2D eigenvalue weighted by atomic mass is 9.99. The molecule has 1 aromatic carbocycles. The Morgan fingerprint density at radius 1 is 1.32 bits per heavy atom. The Hall–Kier alpha value is -0.280. The molecule has 1 aliphatic heterocycles. The van der Waals surface area contributed by atoms with E-state index < -0.39 is 0 Å². The number of benzene rings is 1. The van der Waals surface area contributed by atoms with Crippen LogP contribution in [0.5, 0.6) is 0 Å². The van der Waals surface area contributed by atoms with Crippen molar-refractivity contribution in [2.75, 3.05) is 26.2 Å². The van der Waals surface area contributed by atoms with Crippen LogP contribution >= 0.6 is 23.2 Å². The zero-order valence-corrected chi connectivity index (χ0v) is 13.0. The quantitative estimate of drug-likeness (QED) is 0.889. The van der Waals surface area contributed by atoms with Gasteiger partial charge in [-0.25, -0.2) is 0 Å². The first-order chi connectivity index (χ1) is 9.20. The van der Waals surface area contributed by atoms with Crippen LogP contribution in [0.2, 0.25) is 10.0 Å². The second-order valence-corrected chi connectivity index (χ2v) is 6.05. The fourth-order valence-electron chi connectivity index (χ4n) is 2.66. The molecule has 0 saturated carbocycles. The van der Waals surface area contributed by atoms with Gasteiger partial charge >= 0.3 is 0 Å². The smallest absolute Gasteiger partial charge is 0.0465 e. The average molecular weight is 301 g/mol. The van der Waals surface area contributed by atoms with E-state index in [2.05, 4.69) is 17.1 Å². The van der Waals surface area contributed by atoms with Crippen LogP contribution in [0.25, 0.3) is 0 Å². The predicted octanol–water partition coefficient (Wildman–Crippen LogP) is 3.81. The lowest BCUT2D eigenvalue weighted by molar-refractivity contribution is 0.210. The Morgan fingerprint density at radius 3 is 2.63 bits per heavy atom. The highest BCUT2D eigenvalue weighted by Crippen LogP contribution is 2.26. The maximum Gasteiger partial charge on any atom is 0.0465 e. The third-order valence-electron chi connectivity index (χ3n) is 3.81. The zero-order chi connectivity index (χ0) is 13.7. The first-order valence-electron chi connectivity index (χ1n) is 7.06. The molecule has 0 spiro atoms. The highest BCUT2D eigenvalue weighted by molar-refractivity contribution is 6.35. The molecule has 0 aliphatic carbocycles. The number of nitrogens with zero attached hydrogens (tertiary/aromatic N) is 1. The third kappa shape index (κ3) is 4.35. The van der Waals surface area contributed by atoms with Gasteiger partial charge in [-0.05, 0) is 50.5 Å². The van der Waals surface area contributed by atoms with Gasteiger partial charge in [0.15, 0.2) is 0 Å². The Labute approximate surface area is 126 Å². The summed E-state index contributed by atoms with van der Waals surface area (Å²) < 4.78 is 0. The van der Waals surface area contributed by atoms with E-state index in [0.717, 1.165) is 47.7 Å². The molecule has 106 valence electrons. The molecule has 0 amide bonds. The van der Waals surface area contributed by atoms with E-state index in [9.17, 15) is 0 Å². The molecule has 1 atom stereocenters. The monoisotopic (exact) mass is 300 g/mol. The second kappa shape index (κ2) is 7.49. The Kier molecular flexibility index (Phi) is 5.96. The summed E-state index contributed by atoms with van der Waals surface area (Å²) in [5, 5.41) is 5.01. The number of rotatable bonds is 5. The number of hydrogen-bond donors (Lipinski definition) is 1. The van der Waals surface area contributed by atoms with Gasteiger partial charge in [0.05, 0.1) is 0 Å². The molecule has 1 heterocycles. The van der Waals surface area contributed by atoms with Crippen LogP contribution in [-0.2, 0) is 6.54 Å². The molecular formula is C15H22Cl2N2. The molecule has 2 nitrogen and oxygen atoms in total. The first-order valence-corrected chi connectivity index (χ1v) is 7.82. The molecule has 1 aromatic rings. The summed E-state index contributed by atoms with van der Waals surface area (Å²) in [5.74, 6) is 0.745. The van der Waals surface area contributed by atoms with Gasteiger partial charge in [0.1, 0.15) is 0 Å². The lowest BCUT2D eigenvalue weighted by Gasteiger charge is -2.29. The van der Waals surface area contributed by atoms with Crippen molar-refractivity contribution in [3.05, 3.63) is 33.8 Å². The van der Waals surface area contributed by atoms with Gasteiger partial charge in [0.25, 0.3) is 0 Å². The summed E-state index contributed by atoms with van der Waals surface area (Å²) in [6.45, 7) is 7.47. The minimum atomic E-state index is 0.745. The van der Waals surface area contributed by atoms with Crippen molar-refractivity contribution < 1.29 is 0 Å². The van der Waals surface area contributed by atoms with Crippen molar-refractivity contribution >= 4 is 23.2 Å². The highest BCUT2D eigenvalue weighted by atomic mass is 35.5. The van der Waals surface area contributed by atoms with Gasteiger partial charge in [-0.1, -0.05) is 36.2 Å². The Bertz CT molecular complexity index is 383. The average Bonchev–Trinajstić information content (AvgIpc) is 2.43. The summed E-state index contributed by atoms with van der Waals surface area (Å²) in [7, 11) is 0. The predicted molar refractivity (Wildman–Crippen MR) is 83.0 cm³/mol. The molecule has 1 fully saturated rings. The standard InChI is InChI=1S/C15H22Cl2N2/c1-2-19(10-12-5-4-8-18-9-12)11-13-14(16)6-3-7-15(13)17/h3,6-7,12,18H,2,4-5,8-11H2,1H3. The first kappa shape index (κ1) is 15.1. The second-order valence-electron chi connectivity index (χ2n) is 5.24. The molecule has 1 aliphatic rings. The summed E-state index contributed by atoms with van der Waals surface area (Å²) in [6, 6.07) is 5.73. The molecule has 0 aromatic heterocycles. The van der Waals surface area contributed by atoms with Gasteiger partial charge in [-0.2, -0.15) is 0 Å². The fraction of sp³-hybridized carbons (Fsp3) is 0.600. The topological polar surface area (TPSA) is 15.3 Å². The third-order valence-corrected chi connectivity index (χ3v) is 4.51. The van der Waals surface area contributed by atoms with Gasteiger partial charge in [-0.3, -0.25) is 4.90 Å². The van der Waals surface area contributed by atoms with Crippen LogP contribution in [0.3, 0.4) is 0 Å². The SMILES string of the molecule is CCN(Cc1c(Cl)cccc1Cl)CC1CCCNC1. The number of halogens is 2. The van der Waals surface area contributed by atoms with Crippen LogP contribution in [0.15, 0.2) is 18.2 Å². The van der Waals surface area contributed by atoms with Crippen molar-refractivity contribution in [1.82, 2.24) is 10.2 Å². The highest BCUT2D eigenvalue weighted by Gasteiger charge is 2.17. The van der Waals surface area contributed by atoms with E-state index in [-0.39, 0.29) is 0 Å². The van der Waals surface area contributed by atoms with Gasteiger partial charge in [0, 0.05) is 28.7 Å². The summed E-state index contributed by atoms with van der Waals surface area (Å²) >= 11 is 12.5. The van der Waals surface area contributed by atoms with Crippen LogP contribution < -0.4 is 5.32 Å². The van der Waals surface area contributed by atoms with Gasteiger partial charge < -0.3 is 5.32 Å². The van der Waals surface area contributed by atoms with E-state index >= 15 is 0 Å². The largest absolute Gasteiger partial charge is 0.316 e. The molecule has 0 radical (unpaired) electrons. The summed E-state index contributed by atoms with van der Waals surface area (Å²) in [6.07, 6.45) is 2.61. The molecule has 4 heteroatoms. The maximum absolute atomic E-state index is 6.25. The fourth-order valence-corrected chi connectivity index (χ4v) is 3.17. The zero-order valence-electron chi connectivity index (χ0n) is 11.5. The van der Waals surface area contributed by atoms with Crippen LogP contribution in [0, 0.1) is 5.92 Å². The molecular weight excluding hydrogens is 279 g/mol. The molecule has 1 unspecified atom stereocenters. The van der Waals surface area contributed by atoms with Crippen molar-refractivity contribution in [3.8, 4) is 0 Å². The number of piperidine rings is 1. The number of nitrogens with one attached hydrogen (secondary N) is 1. The summed E-state index contributed by atoms with van der Waals surface area (Å²) in [5.41, 5.74) is 1.05. The Balaban J connectivity index is 1.98. The van der Waals surface area contributed by atoms with Gasteiger partial charge in [0.2, 0.25) is 0 Å². The molecule has 1 N–H and O–H groups in total. The molecule has 0 bridgehead atoms. The van der Waals surface area contributed by atoms with E-state index in [1.807, 2.05) is 18.2 Å². The van der Waals surface area contributed by atoms with Crippen LogP contribution in [0.4, 0.5) is 0 Å². The molecule has 2 rings (SSSR count). The maximum atomic E-state index is 6.25. The normalized spacial score (nSPS) is 19.9. The Morgan fingerprint density at radius 2 is 2.05 bits per heavy atom. The van der Waals surface area contributed by atoms with Crippen LogP contribution in [0.1, 0.15) is 25.3 Å².